The highest BCUT2D eigenvalue weighted by Crippen LogP contribution is 2.39. The van der Waals surface area contributed by atoms with E-state index in [1.54, 1.807) is 12.1 Å². The van der Waals surface area contributed by atoms with Gasteiger partial charge in [0.05, 0.1) is 17.8 Å². The van der Waals surface area contributed by atoms with Crippen molar-refractivity contribution in [3.05, 3.63) is 50.8 Å². The summed E-state index contributed by atoms with van der Waals surface area (Å²) < 4.78 is 2.25. The van der Waals surface area contributed by atoms with Crippen LogP contribution in [0.5, 0.6) is 0 Å². The topological polar surface area (TPSA) is 62.5 Å². The van der Waals surface area contributed by atoms with Crippen LogP contribution in [-0.4, -0.2) is 51.9 Å². The maximum atomic E-state index is 13.4. The highest BCUT2D eigenvalue weighted by atomic mass is 35.5. The number of hydrogen-bond donors (Lipinski definition) is 1. The average Bonchev–Trinajstić information content (AvgIpc) is 2.99. The van der Waals surface area contributed by atoms with Gasteiger partial charge < -0.3 is 10.6 Å². The SMILES string of the molecule is C/C=S(\C)N(C)CCN1Cc2nc(C)c(CN)c(-c3ccc(Cl)cc3Cl)c2C1=O. The fourth-order valence-electron chi connectivity index (χ4n) is 3.56. The maximum absolute atomic E-state index is 13.4. The van der Waals surface area contributed by atoms with Crippen LogP contribution in [0.2, 0.25) is 10.0 Å². The van der Waals surface area contributed by atoms with E-state index in [1.807, 2.05) is 17.9 Å². The van der Waals surface area contributed by atoms with Crippen molar-refractivity contribution in [3.63, 3.8) is 0 Å². The zero-order valence-corrected chi connectivity index (χ0v) is 19.5. The summed E-state index contributed by atoms with van der Waals surface area (Å²) in [6, 6.07) is 5.32. The number of likely N-dealkylation sites (N-methyl/N-ethyl adjacent to an activating group) is 1. The second kappa shape index (κ2) is 9.14. The van der Waals surface area contributed by atoms with Crippen LogP contribution >= 0.6 is 33.9 Å². The molecule has 0 aliphatic carbocycles. The van der Waals surface area contributed by atoms with E-state index >= 15 is 0 Å². The molecule has 156 valence electrons. The molecule has 1 amide bonds. The lowest BCUT2D eigenvalue weighted by Gasteiger charge is -2.22. The van der Waals surface area contributed by atoms with Crippen molar-refractivity contribution in [2.24, 2.45) is 5.73 Å². The van der Waals surface area contributed by atoms with Gasteiger partial charge in [0, 0.05) is 46.5 Å². The summed E-state index contributed by atoms with van der Waals surface area (Å²) in [5, 5.41) is 3.22. The van der Waals surface area contributed by atoms with Crippen molar-refractivity contribution in [3.8, 4) is 11.1 Å². The monoisotopic (exact) mass is 452 g/mol. The predicted octanol–water partition coefficient (Wildman–Crippen LogP) is 4.35. The van der Waals surface area contributed by atoms with Crippen LogP contribution in [0.4, 0.5) is 0 Å². The van der Waals surface area contributed by atoms with Crippen LogP contribution in [0.25, 0.3) is 11.1 Å². The Morgan fingerprint density at radius 3 is 2.69 bits per heavy atom. The first-order valence-corrected chi connectivity index (χ1v) is 11.8. The van der Waals surface area contributed by atoms with Gasteiger partial charge in [-0.2, -0.15) is 0 Å². The normalized spacial score (nSPS) is 14.8. The van der Waals surface area contributed by atoms with Gasteiger partial charge in [-0.3, -0.25) is 14.1 Å². The van der Waals surface area contributed by atoms with Crippen LogP contribution < -0.4 is 5.73 Å². The third kappa shape index (κ3) is 4.37. The van der Waals surface area contributed by atoms with E-state index < -0.39 is 0 Å². The van der Waals surface area contributed by atoms with Gasteiger partial charge in [0.2, 0.25) is 0 Å². The summed E-state index contributed by atoms with van der Waals surface area (Å²) in [7, 11) is 2.15. The molecule has 1 aliphatic rings. The molecule has 0 fully saturated rings. The lowest BCUT2D eigenvalue weighted by molar-refractivity contribution is 0.0774. The molecule has 2 aromatic rings. The maximum Gasteiger partial charge on any atom is 0.256 e. The number of rotatable bonds is 6. The molecule has 0 saturated heterocycles. The Morgan fingerprint density at radius 1 is 1.34 bits per heavy atom. The first-order chi connectivity index (χ1) is 13.8. The number of nitrogens with zero attached hydrogens (tertiary/aromatic N) is 3. The predicted molar refractivity (Wildman–Crippen MR) is 125 cm³/mol. The molecule has 1 aliphatic heterocycles. The highest BCUT2D eigenvalue weighted by Gasteiger charge is 2.34. The van der Waals surface area contributed by atoms with Crippen molar-refractivity contribution < 1.29 is 4.79 Å². The first-order valence-electron chi connectivity index (χ1n) is 9.41. The molecule has 2 heterocycles. The smallest absolute Gasteiger partial charge is 0.256 e. The van der Waals surface area contributed by atoms with Crippen LogP contribution in [0.3, 0.4) is 0 Å². The van der Waals surface area contributed by atoms with Gasteiger partial charge in [0.1, 0.15) is 0 Å². The number of aryl methyl sites for hydroxylation is 1. The molecule has 0 saturated carbocycles. The van der Waals surface area contributed by atoms with Gasteiger partial charge in [-0.1, -0.05) is 34.6 Å². The van der Waals surface area contributed by atoms with Gasteiger partial charge in [-0.15, -0.1) is 10.7 Å². The van der Waals surface area contributed by atoms with Gasteiger partial charge in [-0.05, 0) is 44.8 Å². The van der Waals surface area contributed by atoms with Gasteiger partial charge in [-0.25, -0.2) is 0 Å². The van der Waals surface area contributed by atoms with E-state index in [4.69, 9.17) is 33.9 Å². The molecule has 3 rings (SSSR count). The summed E-state index contributed by atoms with van der Waals surface area (Å²) in [6.07, 6.45) is 2.17. The number of carbonyl (C=O) groups excluding carboxylic acids is 1. The summed E-state index contributed by atoms with van der Waals surface area (Å²) in [5.41, 5.74) is 10.7. The molecule has 0 spiro atoms. The third-order valence-electron chi connectivity index (χ3n) is 5.34. The molecule has 2 N–H and O–H groups in total. The number of pyridine rings is 1. The number of aromatic nitrogens is 1. The number of benzene rings is 1. The second-order valence-corrected chi connectivity index (χ2v) is 10.0. The standard InChI is InChI=1S/C21H26Cl2N4OS/c1-5-29(4)26(3)8-9-27-12-18-20(21(27)28)19(16(11-24)13(2)25-18)15-7-6-14(22)10-17(15)23/h5-7,10H,8-9,11-12,24H2,1-4H3. The minimum Gasteiger partial charge on any atom is -0.331 e. The number of halogens is 2. The molecule has 0 bridgehead atoms. The molecule has 0 radical (unpaired) electrons. The fourth-order valence-corrected chi connectivity index (χ4v) is 4.80. The molecular formula is C21H26Cl2N4OS. The number of fused-ring (bicyclic) bond motifs is 1. The van der Waals surface area contributed by atoms with Crippen molar-refractivity contribution >= 4 is 45.1 Å². The largest absolute Gasteiger partial charge is 0.331 e. The Labute approximate surface area is 184 Å². The van der Waals surface area contributed by atoms with E-state index in [0.29, 0.717) is 28.7 Å². The first kappa shape index (κ1) is 22.2. The Bertz CT molecular complexity index is 993. The summed E-state index contributed by atoms with van der Waals surface area (Å²) in [6.45, 7) is 6.20. The summed E-state index contributed by atoms with van der Waals surface area (Å²) in [5.74, 6) is -0.0203. The minimum atomic E-state index is -0.0203. The molecule has 1 aromatic carbocycles. The van der Waals surface area contributed by atoms with Crippen molar-refractivity contribution in [2.45, 2.75) is 26.9 Å². The number of nitrogens with two attached hydrogens (primary N) is 1. The minimum absolute atomic E-state index is 0.0203. The van der Waals surface area contributed by atoms with Crippen molar-refractivity contribution in [1.29, 1.82) is 0 Å². The molecule has 1 unspecified atom stereocenters. The Kier molecular flexibility index (Phi) is 7.02. The third-order valence-corrected chi connectivity index (χ3v) is 7.74. The lowest BCUT2D eigenvalue weighted by Crippen LogP contribution is -2.31. The van der Waals surface area contributed by atoms with Crippen LogP contribution in [0.1, 0.15) is 34.2 Å². The Balaban J connectivity index is 2.03. The highest BCUT2D eigenvalue weighted by molar-refractivity contribution is 8.12. The molecule has 5 nitrogen and oxygen atoms in total. The number of carbonyl (C=O) groups is 1. The van der Waals surface area contributed by atoms with E-state index in [0.717, 1.165) is 34.6 Å². The van der Waals surface area contributed by atoms with Crippen molar-refractivity contribution in [1.82, 2.24) is 14.2 Å². The van der Waals surface area contributed by atoms with Gasteiger partial charge in [0.15, 0.2) is 0 Å². The summed E-state index contributed by atoms with van der Waals surface area (Å²) in [4.78, 5) is 19.9. The summed E-state index contributed by atoms with van der Waals surface area (Å²) >= 11 is 12.6. The molecule has 1 aromatic heterocycles. The molecule has 1 atom stereocenters. The second-order valence-electron chi connectivity index (χ2n) is 7.04. The van der Waals surface area contributed by atoms with E-state index in [-0.39, 0.29) is 23.1 Å². The zero-order valence-electron chi connectivity index (χ0n) is 17.1. The zero-order chi connectivity index (χ0) is 21.3. The van der Waals surface area contributed by atoms with E-state index in [2.05, 4.69) is 29.9 Å². The van der Waals surface area contributed by atoms with E-state index in [1.165, 1.54) is 0 Å². The van der Waals surface area contributed by atoms with Gasteiger partial charge >= 0.3 is 0 Å². The lowest BCUT2D eigenvalue weighted by atomic mass is 9.93. The fraction of sp³-hybridized carbons (Fsp3) is 0.381. The number of hydrogen-bond acceptors (Lipinski definition) is 4. The van der Waals surface area contributed by atoms with Crippen LogP contribution in [0, 0.1) is 6.92 Å². The van der Waals surface area contributed by atoms with Crippen LogP contribution in [0.15, 0.2) is 18.2 Å². The van der Waals surface area contributed by atoms with Crippen LogP contribution in [-0.2, 0) is 13.1 Å². The van der Waals surface area contributed by atoms with Gasteiger partial charge in [0.25, 0.3) is 5.91 Å². The Hall–Kier alpha value is -1.44. The quantitative estimate of drug-likeness (QED) is 0.661. The average molecular weight is 453 g/mol. The molecule has 8 heteroatoms. The van der Waals surface area contributed by atoms with Crippen molar-refractivity contribution in [2.75, 3.05) is 26.4 Å². The number of amides is 1. The Morgan fingerprint density at radius 2 is 2.07 bits per heavy atom. The molecule has 29 heavy (non-hydrogen) atoms. The van der Waals surface area contributed by atoms with E-state index in [9.17, 15) is 4.79 Å². The molecular weight excluding hydrogens is 427 g/mol.